The molecular formula is C24H13ClINO2. The SMILES string of the molecule is O=C1OC(c2cc(I)ccc2Cl)=NC1=Cc1c2ccccc2cc2ccccc12. The summed E-state index contributed by atoms with van der Waals surface area (Å²) in [4.78, 5) is 17.0. The fourth-order valence-corrected chi connectivity index (χ4v) is 4.22. The van der Waals surface area contributed by atoms with Gasteiger partial charge in [0.1, 0.15) is 0 Å². The lowest BCUT2D eigenvalue weighted by Gasteiger charge is -2.08. The maximum atomic E-state index is 12.6. The first-order chi connectivity index (χ1) is 14.1. The molecule has 140 valence electrons. The van der Waals surface area contributed by atoms with Crippen LogP contribution in [0.3, 0.4) is 0 Å². The molecule has 0 fully saturated rings. The molecular weight excluding hydrogens is 497 g/mol. The van der Waals surface area contributed by atoms with Gasteiger partial charge in [0.05, 0.1) is 10.6 Å². The largest absolute Gasteiger partial charge is 0.402 e. The molecule has 4 aromatic rings. The molecule has 0 unspecified atom stereocenters. The van der Waals surface area contributed by atoms with E-state index in [0.717, 1.165) is 30.7 Å². The number of carbonyl (C=O) groups is 1. The van der Waals surface area contributed by atoms with Crippen molar-refractivity contribution in [3.8, 4) is 0 Å². The van der Waals surface area contributed by atoms with Gasteiger partial charge in [0.25, 0.3) is 0 Å². The fourth-order valence-electron chi connectivity index (χ4n) is 3.53. The van der Waals surface area contributed by atoms with Crippen LogP contribution in [-0.2, 0) is 9.53 Å². The standard InChI is InChI=1S/C24H13ClINO2/c25-21-10-9-16(26)12-20(21)23-27-22(24(28)29-23)13-19-17-7-3-1-5-14(17)11-15-6-2-4-8-18(15)19/h1-13H. The number of esters is 1. The summed E-state index contributed by atoms with van der Waals surface area (Å²) in [7, 11) is 0. The molecule has 4 aromatic carbocycles. The molecule has 5 rings (SSSR count). The van der Waals surface area contributed by atoms with Crippen LogP contribution in [0.1, 0.15) is 11.1 Å². The molecule has 1 aliphatic heterocycles. The van der Waals surface area contributed by atoms with E-state index < -0.39 is 5.97 Å². The number of aliphatic imine (C=N–C) groups is 1. The summed E-state index contributed by atoms with van der Waals surface area (Å²) in [6.45, 7) is 0. The molecule has 1 heterocycles. The van der Waals surface area contributed by atoms with E-state index in [9.17, 15) is 4.79 Å². The Hall–Kier alpha value is -2.70. The van der Waals surface area contributed by atoms with Crippen molar-refractivity contribution in [1.82, 2.24) is 0 Å². The van der Waals surface area contributed by atoms with Crippen LogP contribution in [0.15, 0.2) is 83.5 Å². The molecule has 0 amide bonds. The van der Waals surface area contributed by atoms with Crippen molar-refractivity contribution in [3.63, 3.8) is 0 Å². The van der Waals surface area contributed by atoms with E-state index in [-0.39, 0.29) is 11.6 Å². The van der Waals surface area contributed by atoms with Crippen LogP contribution >= 0.6 is 34.2 Å². The van der Waals surface area contributed by atoms with Crippen molar-refractivity contribution in [2.45, 2.75) is 0 Å². The number of cyclic esters (lactones) is 1. The number of benzene rings is 4. The molecule has 0 aromatic heterocycles. The third-order valence-corrected chi connectivity index (χ3v) is 5.87. The Balaban J connectivity index is 1.72. The van der Waals surface area contributed by atoms with Crippen molar-refractivity contribution in [2.75, 3.05) is 0 Å². The summed E-state index contributed by atoms with van der Waals surface area (Å²) in [6.07, 6.45) is 1.81. The minimum atomic E-state index is -0.480. The van der Waals surface area contributed by atoms with Gasteiger partial charge >= 0.3 is 5.97 Å². The molecule has 3 nitrogen and oxygen atoms in total. The number of nitrogens with zero attached hydrogens (tertiary/aromatic N) is 1. The van der Waals surface area contributed by atoms with E-state index in [2.05, 4.69) is 57.9 Å². The molecule has 0 aliphatic carbocycles. The molecule has 5 heteroatoms. The molecule has 0 radical (unpaired) electrons. The van der Waals surface area contributed by atoms with Gasteiger partial charge in [0.15, 0.2) is 5.70 Å². The first kappa shape index (κ1) is 18.3. The van der Waals surface area contributed by atoms with Crippen molar-refractivity contribution in [2.24, 2.45) is 4.99 Å². The molecule has 1 aliphatic rings. The van der Waals surface area contributed by atoms with Crippen molar-refractivity contribution in [1.29, 1.82) is 0 Å². The van der Waals surface area contributed by atoms with Crippen LogP contribution in [0.4, 0.5) is 0 Å². The molecule has 0 saturated heterocycles. The molecule has 0 spiro atoms. The highest BCUT2D eigenvalue weighted by Gasteiger charge is 2.26. The zero-order valence-corrected chi connectivity index (χ0v) is 17.9. The number of hydrogen-bond donors (Lipinski definition) is 0. The Morgan fingerprint density at radius 3 is 2.24 bits per heavy atom. The number of carbonyl (C=O) groups excluding carboxylic acids is 1. The fraction of sp³-hybridized carbons (Fsp3) is 0. The number of fused-ring (bicyclic) bond motifs is 2. The average Bonchev–Trinajstić information content (AvgIpc) is 3.09. The van der Waals surface area contributed by atoms with Crippen LogP contribution < -0.4 is 0 Å². The van der Waals surface area contributed by atoms with Gasteiger partial charge in [-0.2, -0.15) is 0 Å². The third kappa shape index (κ3) is 3.32. The summed E-state index contributed by atoms with van der Waals surface area (Å²) < 4.78 is 6.43. The second-order valence-electron chi connectivity index (χ2n) is 6.69. The molecule has 0 N–H and O–H groups in total. The second kappa shape index (κ2) is 7.28. The maximum absolute atomic E-state index is 12.6. The van der Waals surface area contributed by atoms with E-state index in [1.54, 1.807) is 6.07 Å². The molecule has 0 bridgehead atoms. The van der Waals surface area contributed by atoms with Crippen LogP contribution in [0.25, 0.3) is 27.6 Å². The predicted octanol–water partition coefficient (Wildman–Crippen LogP) is 6.60. The second-order valence-corrected chi connectivity index (χ2v) is 8.35. The summed E-state index contributed by atoms with van der Waals surface area (Å²) in [5, 5.41) is 4.82. The Bertz CT molecular complexity index is 1320. The van der Waals surface area contributed by atoms with Gasteiger partial charge < -0.3 is 4.74 Å². The minimum Gasteiger partial charge on any atom is -0.402 e. The topological polar surface area (TPSA) is 38.7 Å². The van der Waals surface area contributed by atoms with Crippen LogP contribution in [0.5, 0.6) is 0 Å². The minimum absolute atomic E-state index is 0.231. The van der Waals surface area contributed by atoms with Gasteiger partial charge in [-0.25, -0.2) is 9.79 Å². The number of halogens is 2. The average molecular weight is 510 g/mol. The number of hydrogen-bond acceptors (Lipinski definition) is 3. The monoisotopic (exact) mass is 509 g/mol. The Kier molecular flexibility index (Phi) is 4.60. The van der Waals surface area contributed by atoms with Crippen molar-refractivity contribution in [3.05, 3.63) is 98.2 Å². The van der Waals surface area contributed by atoms with E-state index in [1.807, 2.05) is 42.5 Å². The van der Waals surface area contributed by atoms with Crippen LogP contribution in [-0.4, -0.2) is 11.9 Å². The Morgan fingerprint density at radius 1 is 0.897 bits per heavy atom. The highest BCUT2D eigenvalue weighted by atomic mass is 127. The van der Waals surface area contributed by atoms with Gasteiger partial charge in [0, 0.05) is 3.57 Å². The lowest BCUT2D eigenvalue weighted by atomic mass is 9.96. The van der Waals surface area contributed by atoms with Gasteiger partial charge in [-0.05, 0) is 80.0 Å². The van der Waals surface area contributed by atoms with Gasteiger partial charge in [0.2, 0.25) is 5.90 Å². The smallest absolute Gasteiger partial charge is 0.363 e. The predicted molar refractivity (Wildman–Crippen MR) is 126 cm³/mol. The van der Waals surface area contributed by atoms with E-state index in [1.165, 1.54) is 0 Å². The normalized spacial score (nSPS) is 15.2. The summed E-state index contributed by atoms with van der Waals surface area (Å²) >= 11 is 8.48. The first-order valence-corrected chi connectivity index (χ1v) is 10.4. The summed E-state index contributed by atoms with van der Waals surface area (Å²) in [5.74, 6) is -0.249. The highest BCUT2D eigenvalue weighted by molar-refractivity contribution is 14.1. The first-order valence-electron chi connectivity index (χ1n) is 8.98. The molecule has 0 saturated carbocycles. The van der Waals surface area contributed by atoms with Gasteiger partial charge in [-0.1, -0.05) is 60.1 Å². The van der Waals surface area contributed by atoms with E-state index >= 15 is 0 Å². The maximum Gasteiger partial charge on any atom is 0.363 e. The van der Waals surface area contributed by atoms with Crippen molar-refractivity contribution < 1.29 is 9.53 Å². The molecule has 0 atom stereocenters. The Morgan fingerprint density at radius 2 is 1.55 bits per heavy atom. The highest BCUT2D eigenvalue weighted by Crippen LogP contribution is 2.32. The van der Waals surface area contributed by atoms with E-state index in [4.69, 9.17) is 16.3 Å². The zero-order chi connectivity index (χ0) is 20.0. The zero-order valence-electron chi connectivity index (χ0n) is 15.0. The summed E-state index contributed by atoms with van der Waals surface area (Å²) in [5.41, 5.74) is 1.82. The van der Waals surface area contributed by atoms with E-state index in [0.29, 0.717) is 10.6 Å². The number of ether oxygens (including phenoxy) is 1. The van der Waals surface area contributed by atoms with Gasteiger partial charge in [-0.15, -0.1) is 0 Å². The van der Waals surface area contributed by atoms with Crippen molar-refractivity contribution >= 4 is 73.7 Å². The Labute approximate surface area is 185 Å². The number of rotatable bonds is 2. The lowest BCUT2D eigenvalue weighted by Crippen LogP contribution is -2.06. The third-order valence-electron chi connectivity index (χ3n) is 4.87. The quantitative estimate of drug-likeness (QED) is 0.132. The summed E-state index contributed by atoms with van der Waals surface area (Å²) in [6, 6.07) is 23.9. The van der Waals surface area contributed by atoms with Crippen LogP contribution in [0.2, 0.25) is 5.02 Å². The van der Waals surface area contributed by atoms with Crippen LogP contribution in [0, 0.1) is 3.57 Å². The lowest BCUT2D eigenvalue weighted by molar-refractivity contribution is -0.129. The van der Waals surface area contributed by atoms with Gasteiger partial charge in [-0.3, -0.25) is 0 Å². The molecule has 29 heavy (non-hydrogen) atoms.